The van der Waals surface area contributed by atoms with E-state index in [-0.39, 0.29) is 10.7 Å². The zero-order valence-corrected chi connectivity index (χ0v) is 11.2. The number of pyridine rings is 1. The third kappa shape index (κ3) is 3.43. The zero-order chi connectivity index (χ0) is 14.1. The SMILES string of the molecule is NS(=O)(=O)CCS(=O)(=O)c1ccc2nccnc2n1. The van der Waals surface area contributed by atoms with Crippen molar-refractivity contribution in [3.05, 3.63) is 24.5 Å². The van der Waals surface area contributed by atoms with E-state index in [1.165, 1.54) is 24.5 Å². The van der Waals surface area contributed by atoms with Gasteiger partial charge in [0.2, 0.25) is 10.0 Å². The van der Waals surface area contributed by atoms with Gasteiger partial charge in [0.05, 0.1) is 11.5 Å². The van der Waals surface area contributed by atoms with Crippen LogP contribution in [-0.4, -0.2) is 43.3 Å². The Labute approximate surface area is 109 Å². The van der Waals surface area contributed by atoms with Crippen LogP contribution in [0.25, 0.3) is 11.2 Å². The van der Waals surface area contributed by atoms with Gasteiger partial charge >= 0.3 is 0 Å². The minimum absolute atomic E-state index is 0.180. The molecule has 0 fully saturated rings. The van der Waals surface area contributed by atoms with Gasteiger partial charge in [0, 0.05) is 12.4 Å². The van der Waals surface area contributed by atoms with Crippen LogP contribution in [0.3, 0.4) is 0 Å². The van der Waals surface area contributed by atoms with Gasteiger partial charge in [-0.05, 0) is 12.1 Å². The predicted octanol–water partition coefficient (Wildman–Crippen LogP) is -0.913. The summed E-state index contributed by atoms with van der Waals surface area (Å²) in [4.78, 5) is 11.7. The first-order chi connectivity index (χ1) is 8.78. The summed E-state index contributed by atoms with van der Waals surface area (Å²) in [5.41, 5.74) is 0.632. The quantitative estimate of drug-likeness (QED) is 0.772. The number of rotatable bonds is 4. The summed E-state index contributed by atoms with van der Waals surface area (Å²) in [6, 6.07) is 2.72. The molecule has 2 rings (SSSR count). The van der Waals surface area contributed by atoms with Gasteiger partial charge in [-0.3, -0.25) is 4.98 Å². The van der Waals surface area contributed by atoms with Gasteiger partial charge in [0.1, 0.15) is 5.52 Å². The number of hydrogen-bond acceptors (Lipinski definition) is 7. The highest BCUT2D eigenvalue weighted by atomic mass is 32.2. The Morgan fingerprint density at radius 3 is 2.37 bits per heavy atom. The molecule has 0 aliphatic rings. The number of nitrogens with two attached hydrogens (primary N) is 1. The number of fused-ring (bicyclic) bond motifs is 1. The van der Waals surface area contributed by atoms with Crippen LogP contribution in [0.4, 0.5) is 0 Å². The molecule has 10 heteroatoms. The first-order valence-corrected chi connectivity index (χ1v) is 8.46. The van der Waals surface area contributed by atoms with E-state index in [0.717, 1.165) is 0 Å². The molecule has 0 aromatic carbocycles. The minimum atomic E-state index is -3.84. The van der Waals surface area contributed by atoms with Crippen molar-refractivity contribution in [3.8, 4) is 0 Å². The van der Waals surface area contributed by atoms with Gasteiger partial charge in [0.15, 0.2) is 20.5 Å². The molecular weight excluding hydrogens is 292 g/mol. The third-order valence-electron chi connectivity index (χ3n) is 2.26. The maximum absolute atomic E-state index is 11.9. The predicted molar refractivity (Wildman–Crippen MR) is 67.4 cm³/mol. The molecule has 2 aromatic rings. The van der Waals surface area contributed by atoms with Crippen molar-refractivity contribution in [2.24, 2.45) is 5.14 Å². The van der Waals surface area contributed by atoms with Gasteiger partial charge in [-0.25, -0.2) is 31.9 Å². The second-order valence-electron chi connectivity index (χ2n) is 3.73. The molecule has 0 bridgehead atoms. The average molecular weight is 302 g/mol. The fourth-order valence-corrected chi connectivity index (χ4v) is 3.86. The highest BCUT2D eigenvalue weighted by molar-refractivity contribution is 7.94. The topological polar surface area (TPSA) is 133 Å². The van der Waals surface area contributed by atoms with Crippen molar-refractivity contribution in [2.75, 3.05) is 11.5 Å². The number of nitrogens with zero attached hydrogens (tertiary/aromatic N) is 3. The Hall–Kier alpha value is -1.65. The molecule has 2 N–H and O–H groups in total. The van der Waals surface area contributed by atoms with Crippen LogP contribution in [0, 0.1) is 0 Å². The molecule has 0 amide bonds. The Kier molecular flexibility index (Phi) is 3.47. The normalized spacial score (nSPS) is 12.7. The lowest BCUT2D eigenvalue weighted by molar-refractivity contribution is 0.586. The van der Waals surface area contributed by atoms with Crippen molar-refractivity contribution in [1.82, 2.24) is 15.0 Å². The fraction of sp³-hybridized carbons (Fsp3) is 0.222. The van der Waals surface area contributed by atoms with E-state index >= 15 is 0 Å². The monoisotopic (exact) mass is 302 g/mol. The molecule has 0 spiro atoms. The largest absolute Gasteiger partial charge is 0.251 e. The molecule has 2 heterocycles. The van der Waals surface area contributed by atoms with Crippen LogP contribution < -0.4 is 5.14 Å². The molecule has 0 aliphatic heterocycles. The van der Waals surface area contributed by atoms with E-state index in [1.54, 1.807) is 0 Å². The number of sulfone groups is 1. The smallest absolute Gasteiger partial charge is 0.210 e. The maximum atomic E-state index is 11.9. The fourth-order valence-electron chi connectivity index (χ4n) is 1.34. The van der Waals surface area contributed by atoms with E-state index in [9.17, 15) is 16.8 Å². The van der Waals surface area contributed by atoms with Crippen LogP contribution in [0.5, 0.6) is 0 Å². The second kappa shape index (κ2) is 4.79. The van der Waals surface area contributed by atoms with Gasteiger partial charge in [-0.2, -0.15) is 0 Å². The second-order valence-corrected chi connectivity index (χ2v) is 7.52. The Balaban J connectivity index is 2.38. The van der Waals surface area contributed by atoms with E-state index in [1.807, 2.05) is 0 Å². The first kappa shape index (κ1) is 13.8. The number of sulfonamides is 1. The van der Waals surface area contributed by atoms with Crippen molar-refractivity contribution in [1.29, 1.82) is 0 Å². The summed E-state index contributed by atoms with van der Waals surface area (Å²) in [5, 5.41) is 4.53. The highest BCUT2D eigenvalue weighted by Gasteiger charge is 2.19. The summed E-state index contributed by atoms with van der Waals surface area (Å²) in [7, 11) is -7.67. The Morgan fingerprint density at radius 1 is 1.00 bits per heavy atom. The number of hydrogen-bond donors (Lipinski definition) is 1. The lowest BCUT2D eigenvalue weighted by Gasteiger charge is -2.03. The number of aromatic nitrogens is 3. The molecule has 0 atom stereocenters. The average Bonchev–Trinajstić information content (AvgIpc) is 2.35. The molecule has 0 saturated heterocycles. The molecule has 0 aliphatic carbocycles. The molecule has 0 unspecified atom stereocenters. The van der Waals surface area contributed by atoms with E-state index < -0.39 is 31.4 Å². The van der Waals surface area contributed by atoms with Crippen LogP contribution in [0.2, 0.25) is 0 Å². The van der Waals surface area contributed by atoms with Gasteiger partial charge in [0.25, 0.3) is 0 Å². The van der Waals surface area contributed by atoms with Crippen molar-refractivity contribution in [3.63, 3.8) is 0 Å². The molecule has 2 aromatic heterocycles. The summed E-state index contributed by atoms with van der Waals surface area (Å²) >= 11 is 0. The summed E-state index contributed by atoms with van der Waals surface area (Å²) in [6.45, 7) is 0. The summed E-state index contributed by atoms with van der Waals surface area (Å²) in [6.07, 6.45) is 2.84. The minimum Gasteiger partial charge on any atom is -0.251 e. The van der Waals surface area contributed by atoms with Crippen LogP contribution in [-0.2, 0) is 19.9 Å². The van der Waals surface area contributed by atoms with E-state index in [2.05, 4.69) is 15.0 Å². The van der Waals surface area contributed by atoms with Crippen molar-refractivity contribution < 1.29 is 16.8 Å². The first-order valence-electron chi connectivity index (χ1n) is 5.09. The molecular formula is C9H10N4O4S2. The number of primary sulfonamides is 1. The molecule has 8 nitrogen and oxygen atoms in total. The van der Waals surface area contributed by atoms with Gasteiger partial charge in [-0.1, -0.05) is 0 Å². The van der Waals surface area contributed by atoms with Crippen LogP contribution in [0.15, 0.2) is 29.6 Å². The van der Waals surface area contributed by atoms with Crippen LogP contribution in [0.1, 0.15) is 0 Å². The van der Waals surface area contributed by atoms with E-state index in [0.29, 0.717) is 5.52 Å². The third-order valence-corrected chi connectivity index (χ3v) is 4.90. The van der Waals surface area contributed by atoms with Crippen LogP contribution >= 0.6 is 0 Å². The lowest BCUT2D eigenvalue weighted by atomic mass is 10.4. The molecule has 0 saturated carbocycles. The Bertz CT molecular complexity index is 817. The zero-order valence-electron chi connectivity index (χ0n) is 9.59. The molecule has 102 valence electrons. The Morgan fingerprint density at radius 2 is 1.68 bits per heavy atom. The molecule has 19 heavy (non-hydrogen) atoms. The standard InChI is InChI=1S/C9H10N4O4S2/c10-19(16,17)6-5-18(14,15)8-2-1-7-9(13-8)12-4-3-11-7/h1-4H,5-6H2,(H2,10,16,17). The summed E-state index contributed by atoms with van der Waals surface area (Å²) in [5.74, 6) is -1.28. The lowest BCUT2D eigenvalue weighted by Crippen LogP contribution is -2.23. The van der Waals surface area contributed by atoms with E-state index in [4.69, 9.17) is 5.14 Å². The van der Waals surface area contributed by atoms with Crippen molar-refractivity contribution >= 4 is 31.0 Å². The summed E-state index contributed by atoms with van der Waals surface area (Å²) < 4.78 is 45.4. The van der Waals surface area contributed by atoms with Gasteiger partial charge < -0.3 is 0 Å². The highest BCUT2D eigenvalue weighted by Crippen LogP contribution is 2.12. The van der Waals surface area contributed by atoms with Crippen molar-refractivity contribution in [2.45, 2.75) is 5.03 Å². The van der Waals surface area contributed by atoms with Gasteiger partial charge in [-0.15, -0.1) is 0 Å². The maximum Gasteiger partial charge on any atom is 0.210 e. The molecule has 0 radical (unpaired) electrons.